The summed E-state index contributed by atoms with van der Waals surface area (Å²) in [6.07, 6.45) is 1.51. The number of aryl methyl sites for hydroxylation is 2. The minimum atomic E-state index is -3.90. The summed E-state index contributed by atoms with van der Waals surface area (Å²) < 4.78 is 13.9. The molecule has 4 aromatic rings. The van der Waals surface area contributed by atoms with Crippen LogP contribution in [0.25, 0.3) is 0 Å². The second-order valence-corrected chi connectivity index (χ2v) is 12.8. The molecular weight excluding hydrogens is 503 g/mol. The van der Waals surface area contributed by atoms with Gasteiger partial charge < -0.3 is 0 Å². The quantitative estimate of drug-likeness (QED) is 0.281. The Balaban J connectivity index is 1.61. The van der Waals surface area contributed by atoms with Crippen molar-refractivity contribution < 1.29 is 17.2 Å². The van der Waals surface area contributed by atoms with Gasteiger partial charge in [-0.25, -0.2) is 0 Å². The maximum atomic E-state index is 13.2. The minimum absolute atomic E-state index is 0.199. The Labute approximate surface area is 209 Å². The van der Waals surface area contributed by atoms with Gasteiger partial charge in [0.05, 0.1) is 0 Å². The average Bonchev–Trinajstić information content (AvgIpc) is 2.92. The van der Waals surface area contributed by atoms with Gasteiger partial charge in [0.1, 0.15) is 0 Å². The van der Waals surface area contributed by atoms with Crippen LogP contribution in [0.4, 0.5) is 0 Å². The summed E-state index contributed by atoms with van der Waals surface area (Å²) in [5.41, 5.74) is 2.11. The first-order chi connectivity index (χ1) is 17.2. The topological polar surface area (TPSA) is 52.6 Å². The predicted molar refractivity (Wildman–Crippen MR) is 140 cm³/mol. The van der Waals surface area contributed by atoms with Crippen LogP contribution < -0.4 is 8.92 Å². The molecule has 0 aromatic heterocycles. The van der Waals surface area contributed by atoms with Gasteiger partial charge in [-0.2, -0.15) is 0 Å². The number of rotatable bonds is 10. The molecule has 0 N–H and O–H groups in total. The molecule has 0 heterocycles. The third-order valence-electron chi connectivity index (χ3n) is 5.45. The number of carbonyl (C=O) groups is 2. The SMILES string of the molecule is O=C(CCc1ccccc1)O[Se](OC(=O)CCc1ccccc1)(c1ccccc1)c1ccccc1. The molecule has 0 amide bonds. The Morgan fingerprint density at radius 3 is 1.14 bits per heavy atom. The van der Waals surface area contributed by atoms with Crippen molar-refractivity contribution in [1.29, 1.82) is 0 Å². The Hall–Kier alpha value is -3.66. The molecule has 0 aliphatic carbocycles. The van der Waals surface area contributed by atoms with Crippen LogP contribution in [0, 0.1) is 0 Å². The first-order valence-corrected chi connectivity index (χ1v) is 14.7. The zero-order valence-corrected chi connectivity index (χ0v) is 21.1. The molecule has 0 aliphatic rings. The van der Waals surface area contributed by atoms with Crippen molar-refractivity contribution in [2.75, 3.05) is 0 Å². The van der Waals surface area contributed by atoms with E-state index >= 15 is 0 Å². The van der Waals surface area contributed by atoms with Gasteiger partial charge >= 0.3 is 210 Å². The third kappa shape index (κ3) is 6.69. The monoisotopic (exact) mass is 532 g/mol. The Morgan fingerprint density at radius 1 is 0.486 bits per heavy atom. The molecule has 0 radical (unpaired) electrons. The van der Waals surface area contributed by atoms with Gasteiger partial charge in [-0.1, -0.05) is 0 Å². The molecule has 5 heteroatoms. The van der Waals surface area contributed by atoms with Gasteiger partial charge in [0, 0.05) is 0 Å². The molecule has 4 aromatic carbocycles. The molecule has 4 rings (SSSR count). The van der Waals surface area contributed by atoms with Gasteiger partial charge in [-0.15, -0.1) is 0 Å². The fourth-order valence-corrected chi connectivity index (χ4v) is 8.73. The summed E-state index contributed by atoms with van der Waals surface area (Å²) in [5, 5.41) is 0. The van der Waals surface area contributed by atoms with Gasteiger partial charge in [0.15, 0.2) is 0 Å². The maximum absolute atomic E-state index is 13.2. The zero-order valence-electron chi connectivity index (χ0n) is 19.4. The number of carbonyl (C=O) groups excluding carboxylic acids is 2. The summed E-state index contributed by atoms with van der Waals surface area (Å²) in [6, 6.07) is 38.4. The van der Waals surface area contributed by atoms with Crippen molar-refractivity contribution in [3.05, 3.63) is 132 Å². The fourth-order valence-electron chi connectivity index (χ4n) is 3.67. The first kappa shape index (κ1) is 24.5. The summed E-state index contributed by atoms with van der Waals surface area (Å²) in [7, 11) is 0. The van der Waals surface area contributed by atoms with E-state index in [1.807, 2.05) is 121 Å². The van der Waals surface area contributed by atoms with E-state index in [0.29, 0.717) is 12.8 Å². The van der Waals surface area contributed by atoms with E-state index in [9.17, 15) is 9.59 Å². The standard InChI is InChI=1S/C30H28O4Se/c31-29(23-21-25-13-5-1-6-14-25)33-35(27-17-9-3-10-18-27,28-19-11-4-12-20-28)34-30(32)24-22-26-15-7-2-8-16-26/h1-20H,21-24H2. The molecule has 4 nitrogen and oxygen atoms in total. The average molecular weight is 532 g/mol. The van der Waals surface area contributed by atoms with Crippen molar-refractivity contribution in [1.82, 2.24) is 0 Å². The summed E-state index contributed by atoms with van der Waals surface area (Å²) in [6.45, 7) is 0. The van der Waals surface area contributed by atoms with Gasteiger partial charge in [0.2, 0.25) is 0 Å². The van der Waals surface area contributed by atoms with E-state index in [1.54, 1.807) is 0 Å². The molecule has 0 bridgehead atoms. The molecule has 0 fully saturated rings. The molecule has 0 spiro atoms. The van der Waals surface area contributed by atoms with E-state index < -0.39 is 13.5 Å². The van der Waals surface area contributed by atoms with Crippen LogP contribution in [-0.2, 0) is 30.1 Å². The van der Waals surface area contributed by atoms with Gasteiger partial charge in [0.25, 0.3) is 0 Å². The van der Waals surface area contributed by atoms with Crippen molar-refractivity contribution in [3.8, 4) is 0 Å². The Morgan fingerprint density at radius 2 is 0.800 bits per heavy atom. The summed E-state index contributed by atoms with van der Waals surface area (Å²) in [4.78, 5) is 26.3. The van der Waals surface area contributed by atoms with Crippen molar-refractivity contribution in [2.45, 2.75) is 25.7 Å². The van der Waals surface area contributed by atoms with Crippen LogP contribution in [0.1, 0.15) is 24.0 Å². The predicted octanol–water partition coefficient (Wildman–Crippen LogP) is 4.60. The van der Waals surface area contributed by atoms with Crippen molar-refractivity contribution >= 4 is 34.4 Å². The van der Waals surface area contributed by atoms with Crippen LogP contribution in [0.5, 0.6) is 0 Å². The molecule has 0 unspecified atom stereocenters. The van der Waals surface area contributed by atoms with E-state index in [0.717, 1.165) is 20.1 Å². The van der Waals surface area contributed by atoms with Crippen LogP contribution in [-0.4, -0.2) is 25.4 Å². The molecule has 0 saturated carbocycles. The van der Waals surface area contributed by atoms with E-state index in [-0.39, 0.29) is 24.8 Å². The third-order valence-corrected chi connectivity index (χ3v) is 11.0. The molecule has 0 saturated heterocycles. The molecule has 0 aliphatic heterocycles. The molecule has 0 atom stereocenters. The first-order valence-electron chi connectivity index (χ1n) is 11.6. The Bertz CT molecular complexity index is 1110. The summed E-state index contributed by atoms with van der Waals surface area (Å²) >= 11 is -3.90. The van der Waals surface area contributed by atoms with Crippen LogP contribution in [0.15, 0.2) is 121 Å². The van der Waals surface area contributed by atoms with Crippen molar-refractivity contribution in [3.63, 3.8) is 0 Å². The normalized spacial score (nSPS) is 11.4. The van der Waals surface area contributed by atoms with Crippen LogP contribution in [0.3, 0.4) is 0 Å². The van der Waals surface area contributed by atoms with E-state index in [1.165, 1.54) is 0 Å². The number of hydrogen-bond acceptors (Lipinski definition) is 4. The second kappa shape index (κ2) is 12.2. The van der Waals surface area contributed by atoms with Crippen LogP contribution in [0.2, 0.25) is 0 Å². The van der Waals surface area contributed by atoms with Gasteiger partial charge in [-0.3, -0.25) is 0 Å². The zero-order chi connectivity index (χ0) is 24.3. The second-order valence-electron chi connectivity index (χ2n) is 8.01. The van der Waals surface area contributed by atoms with Crippen LogP contribution >= 0.6 is 0 Å². The van der Waals surface area contributed by atoms with E-state index in [4.69, 9.17) is 7.64 Å². The number of hydrogen-bond donors (Lipinski definition) is 0. The Kier molecular flexibility index (Phi) is 8.50. The molecule has 178 valence electrons. The number of benzene rings is 4. The van der Waals surface area contributed by atoms with Gasteiger partial charge in [-0.05, 0) is 0 Å². The fraction of sp³-hybridized carbons (Fsp3) is 0.133. The molecular formula is C30H28O4Se. The molecule has 35 heavy (non-hydrogen) atoms. The van der Waals surface area contributed by atoms with Crippen molar-refractivity contribution in [2.24, 2.45) is 0 Å². The summed E-state index contributed by atoms with van der Waals surface area (Å²) in [5.74, 6) is -0.755. The van der Waals surface area contributed by atoms with E-state index in [2.05, 4.69) is 0 Å².